The van der Waals surface area contributed by atoms with Gasteiger partial charge in [0.2, 0.25) is 5.91 Å². The summed E-state index contributed by atoms with van der Waals surface area (Å²) in [5, 5.41) is 10.7. The Morgan fingerprint density at radius 3 is 2.45 bits per heavy atom. The third-order valence-electron chi connectivity index (χ3n) is 4.73. The molecule has 112 valence electrons. The highest BCUT2D eigenvalue weighted by Gasteiger charge is 2.64. The van der Waals surface area contributed by atoms with Crippen molar-refractivity contribution >= 4 is 17.8 Å². The first kappa shape index (κ1) is 14.8. The Hall–Kier alpha value is -1.59. The summed E-state index contributed by atoms with van der Waals surface area (Å²) in [6.07, 6.45) is 0.598. The highest BCUT2D eigenvalue weighted by atomic mass is 16.4. The summed E-state index contributed by atoms with van der Waals surface area (Å²) in [5.74, 6) is 0.129. The van der Waals surface area contributed by atoms with E-state index in [2.05, 4.69) is 12.2 Å². The number of carboxylic acid groups (broad SMARTS) is 1. The Balaban J connectivity index is 2.14. The maximum absolute atomic E-state index is 12.5. The van der Waals surface area contributed by atoms with Crippen molar-refractivity contribution in [2.24, 2.45) is 17.3 Å². The minimum Gasteiger partial charge on any atom is -0.465 e. The molecule has 20 heavy (non-hydrogen) atoms. The molecule has 2 N–H and O–H groups in total. The molecule has 0 aromatic carbocycles. The van der Waals surface area contributed by atoms with Crippen molar-refractivity contribution in [1.29, 1.82) is 0 Å². The molecular weight excluding hydrogens is 260 g/mol. The Bertz CT molecular complexity index is 448. The molecule has 2 amide bonds. The SMILES string of the molecule is CC(C)C(=O)[C@H]1N(C(=O)CNC(=O)O)CC[C@@]12C[C@@H]2C. The van der Waals surface area contributed by atoms with Crippen LogP contribution in [0.5, 0.6) is 0 Å². The molecule has 6 heteroatoms. The van der Waals surface area contributed by atoms with Gasteiger partial charge in [-0.15, -0.1) is 0 Å². The summed E-state index contributed by atoms with van der Waals surface area (Å²) < 4.78 is 0. The number of carbonyl (C=O) groups is 3. The number of hydrogen-bond donors (Lipinski definition) is 2. The molecule has 0 radical (unpaired) electrons. The van der Waals surface area contributed by atoms with Crippen LogP contribution in [-0.2, 0) is 9.59 Å². The van der Waals surface area contributed by atoms with Gasteiger partial charge in [-0.3, -0.25) is 9.59 Å². The predicted molar refractivity (Wildman–Crippen MR) is 72.2 cm³/mol. The minimum atomic E-state index is -1.22. The standard InChI is InChI=1S/C14H22N2O4/c1-8(2)11(18)12-14(6-9(14)3)4-5-16(12)10(17)7-15-13(19)20/h8-9,12,15H,4-7H2,1-3H3,(H,19,20)/t9-,12+,14-/m0/s1. The van der Waals surface area contributed by atoms with Crippen molar-refractivity contribution in [1.82, 2.24) is 10.2 Å². The highest BCUT2D eigenvalue weighted by Crippen LogP contribution is 2.62. The van der Waals surface area contributed by atoms with Crippen LogP contribution < -0.4 is 5.32 Å². The van der Waals surface area contributed by atoms with Crippen LogP contribution in [0.25, 0.3) is 0 Å². The fourth-order valence-corrected chi connectivity index (χ4v) is 3.42. The molecule has 0 bridgehead atoms. The molecule has 1 aliphatic heterocycles. The summed E-state index contributed by atoms with van der Waals surface area (Å²) in [5.41, 5.74) is -0.0553. The fourth-order valence-electron chi connectivity index (χ4n) is 3.42. The molecule has 6 nitrogen and oxygen atoms in total. The van der Waals surface area contributed by atoms with E-state index in [9.17, 15) is 14.4 Å². The van der Waals surface area contributed by atoms with Gasteiger partial charge in [-0.25, -0.2) is 4.79 Å². The number of Topliss-reactive ketones (excluding diaryl/α,β-unsaturated/α-hetero) is 1. The number of hydrogen-bond acceptors (Lipinski definition) is 3. The number of nitrogens with zero attached hydrogens (tertiary/aromatic N) is 1. The first-order valence-electron chi connectivity index (χ1n) is 7.09. The van der Waals surface area contributed by atoms with E-state index in [1.54, 1.807) is 4.90 Å². The number of likely N-dealkylation sites (tertiary alicyclic amines) is 1. The number of carbonyl (C=O) groups excluding carboxylic acids is 2. The van der Waals surface area contributed by atoms with Crippen LogP contribution in [0.4, 0.5) is 4.79 Å². The lowest BCUT2D eigenvalue weighted by atomic mass is 9.87. The van der Waals surface area contributed by atoms with E-state index in [0.29, 0.717) is 12.5 Å². The third-order valence-corrected chi connectivity index (χ3v) is 4.73. The van der Waals surface area contributed by atoms with Gasteiger partial charge in [-0.05, 0) is 18.8 Å². The van der Waals surface area contributed by atoms with Gasteiger partial charge in [0.15, 0.2) is 5.78 Å². The van der Waals surface area contributed by atoms with Crippen LogP contribution in [0.15, 0.2) is 0 Å². The van der Waals surface area contributed by atoms with Gasteiger partial charge in [0.05, 0.1) is 6.04 Å². The van der Waals surface area contributed by atoms with Gasteiger partial charge in [-0.1, -0.05) is 20.8 Å². The van der Waals surface area contributed by atoms with Crippen molar-refractivity contribution in [3.05, 3.63) is 0 Å². The Morgan fingerprint density at radius 1 is 1.40 bits per heavy atom. The molecule has 0 aromatic heterocycles. The zero-order valence-corrected chi connectivity index (χ0v) is 12.2. The predicted octanol–water partition coefficient (Wildman–Crippen LogP) is 1.11. The summed E-state index contributed by atoms with van der Waals surface area (Å²) in [6.45, 7) is 6.10. The van der Waals surface area contributed by atoms with Gasteiger partial charge in [0.1, 0.15) is 6.54 Å². The Labute approximate surface area is 118 Å². The maximum Gasteiger partial charge on any atom is 0.405 e. The van der Waals surface area contributed by atoms with E-state index < -0.39 is 6.09 Å². The Kier molecular flexibility index (Phi) is 3.75. The molecule has 0 aromatic rings. The largest absolute Gasteiger partial charge is 0.465 e. The van der Waals surface area contributed by atoms with Crippen LogP contribution in [0.3, 0.4) is 0 Å². The highest BCUT2D eigenvalue weighted by molar-refractivity contribution is 5.93. The first-order valence-corrected chi connectivity index (χ1v) is 7.09. The number of amides is 2. The van der Waals surface area contributed by atoms with Crippen molar-refractivity contribution < 1.29 is 19.5 Å². The lowest BCUT2D eigenvalue weighted by Gasteiger charge is -2.29. The van der Waals surface area contributed by atoms with E-state index in [0.717, 1.165) is 12.8 Å². The normalized spacial score (nSPS) is 31.7. The Morgan fingerprint density at radius 2 is 2.00 bits per heavy atom. The van der Waals surface area contributed by atoms with Gasteiger partial charge in [0.25, 0.3) is 0 Å². The average molecular weight is 282 g/mol. The topological polar surface area (TPSA) is 86.7 Å². The second-order valence-electron chi connectivity index (χ2n) is 6.29. The number of rotatable bonds is 4. The molecule has 1 aliphatic carbocycles. The molecule has 1 saturated carbocycles. The van der Waals surface area contributed by atoms with E-state index in [1.165, 1.54) is 0 Å². The van der Waals surface area contributed by atoms with Crippen molar-refractivity contribution in [3.8, 4) is 0 Å². The molecule has 2 aliphatic rings. The molecule has 1 heterocycles. The molecule has 0 unspecified atom stereocenters. The fraction of sp³-hybridized carbons (Fsp3) is 0.786. The molecule has 3 atom stereocenters. The van der Waals surface area contributed by atoms with Gasteiger partial charge < -0.3 is 15.3 Å². The molecule has 1 spiro atoms. The summed E-state index contributed by atoms with van der Waals surface area (Å²) in [4.78, 5) is 36.7. The van der Waals surface area contributed by atoms with Gasteiger partial charge >= 0.3 is 6.09 Å². The third kappa shape index (κ3) is 2.39. The van der Waals surface area contributed by atoms with Crippen LogP contribution in [0, 0.1) is 17.3 Å². The molecule has 2 rings (SSSR count). The van der Waals surface area contributed by atoms with Crippen molar-refractivity contribution in [3.63, 3.8) is 0 Å². The van der Waals surface area contributed by atoms with E-state index >= 15 is 0 Å². The van der Waals surface area contributed by atoms with Crippen LogP contribution in [0.2, 0.25) is 0 Å². The summed E-state index contributed by atoms with van der Waals surface area (Å²) in [7, 11) is 0. The lowest BCUT2D eigenvalue weighted by molar-refractivity contribution is -0.139. The quantitative estimate of drug-likeness (QED) is 0.808. The number of nitrogens with one attached hydrogen (secondary N) is 1. The summed E-state index contributed by atoms with van der Waals surface area (Å²) in [6, 6.07) is -0.374. The maximum atomic E-state index is 12.5. The second-order valence-corrected chi connectivity index (χ2v) is 6.29. The van der Waals surface area contributed by atoms with Crippen LogP contribution in [-0.4, -0.2) is 46.9 Å². The second kappa shape index (κ2) is 5.07. The smallest absolute Gasteiger partial charge is 0.405 e. The average Bonchev–Trinajstić information content (AvgIpc) is 2.84. The minimum absolute atomic E-state index is 0.0553. The van der Waals surface area contributed by atoms with E-state index in [1.807, 2.05) is 13.8 Å². The van der Waals surface area contributed by atoms with Gasteiger partial charge in [-0.2, -0.15) is 0 Å². The van der Waals surface area contributed by atoms with Crippen LogP contribution >= 0.6 is 0 Å². The number of ketones is 1. The van der Waals surface area contributed by atoms with Crippen molar-refractivity contribution in [2.45, 2.75) is 39.7 Å². The molecule has 1 saturated heterocycles. The van der Waals surface area contributed by atoms with Gasteiger partial charge in [0, 0.05) is 17.9 Å². The lowest BCUT2D eigenvalue weighted by Crippen LogP contribution is -2.49. The van der Waals surface area contributed by atoms with E-state index in [-0.39, 0.29) is 35.6 Å². The van der Waals surface area contributed by atoms with Crippen molar-refractivity contribution in [2.75, 3.05) is 13.1 Å². The zero-order valence-electron chi connectivity index (χ0n) is 12.2. The monoisotopic (exact) mass is 282 g/mol. The van der Waals surface area contributed by atoms with Crippen LogP contribution in [0.1, 0.15) is 33.6 Å². The summed E-state index contributed by atoms with van der Waals surface area (Å²) >= 11 is 0. The zero-order chi connectivity index (χ0) is 15.1. The van der Waals surface area contributed by atoms with E-state index in [4.69, 9.17) is 5.11 Å². The first-order chi connectivity index (χ1) is 9.29. The molecular formula is C14H22N2O4. The molecule has 2 fully saturated rings.